The molecular weight excluding hydrogens is 485 g/mol. The van der Waals surface area contributed by atoms with Crippen LogP contribution < -0.4 is 21.1 Å². The van der Waals surface area contributed by atoms with E-state index in [0.717, 1.165) is 17.5 Å². The van der Waals surface area contributed by atoms with Crippen molar-refractivity contribution in [1.82, 2.24) is 10.6 Å². The number of rotatable bonds is 9. The third-order valence-electron chi connectivity index (χ3n) is 6.63. The van der Waals surface area contributed by atoms with Crippen molar-refractivity contribution < 1.29 is 14.6 Å². The standard InChI is InChI=1S/C27H37Cl2N3O3/c1-26(2,3)16-22-27(30,20-11-10-19(29)15-21(20)35-4)23(17-8-7-9-18(28)14-17)24(32-22)25(34)31-12-5-6-13-33/h7-11,14-15,22-24,32-33H,5-6,12-13,16,30H2,1-4H3,(H,31,34). The van der Waals surface area contributed by atoms with Crippen LogP contribution in [0.25, 0.3) is 0 Å². The van der Waals surface area contributed by atoms with E-state index in [0.29, 0.717) is 35.2 Å². The van der Waals surface area contributed by atoms with Crippen molar-refractivity contribution in [2.24, 2.45) is 11.1 Å². The van der Waals surface area contributed by atoms with Gasteiger partial charge in [0.05, 0.1) is 18.7 Å². The molecule has 1 heterocycles. The Hall–Kier alpha value is -1.83. The normalized spacial score (nSPS) is 24.4. The molecule has 1 aliphatic rings. The number of halogens is 2. The highest BCUT2D eigenvalue weighted by Gasteiger charge is 2.57. The average molecular weight is 523 g/mol. The first-order valence-electron chi connectivity index (χ1n) is 12.0. The number of nitrogens with one attached hydrogen (secondary N) is 2. The summed E-state index contributed by atoms with van der Waals surface area (Å²) in [5, 5.41) is 16.8. The molecule has 0 aliphatic carbocycles. The van der Waals surface area contributed by atoms with Crippen LogP contribution in [0, 0.1) is 5.41 Å². The Balaban J connectivity index is 2.17. The number of methoxy groups -OCH3 is 1. The monoisotopic (exact) mass is 521 g/mol. The molecule has 4 unspecified atom stereocenters. The number of amides is 1. The van der Waals surface area contributed by atoms with E-state index in [1.165, 1.54) is 0 Å². The van der Waals surface area contributed by atoms with Crippen LogP contribution in [-0.4, -0.2) is 43.4 Å². The fourth-order valence-electron chi connectivity index (χ4n) is 5.12. The summed E-state index contributed by atoms with van der Waals surface area (Å²) in [4.78, 5) is 13.5. The Morgan fingerprint density at radius 1 is 1.17 bits per heavy atom. The molecule has 4 atom stereocenters. The molecule has 8 heteroatoms. The maximum atomic E-state index is 13.5. The molecule has 0 radical (unpaired) electrons. The minimum absolute atomic E-state index is 0.0622. The molecule has 0 spiro atoms. The van der Waals surface area contributed by atoms with Gasteiger partial charge in [-0.2, -0.15) is 0 Å². The van der Waals surface area contributed by atoms with Crippen LogP contribution in [0.1, 0.15) is 57.1 Å². The van der Waals surface area contributed by atoms with Gasteiger partial charge in [0.15, 0.2) is 0 Å². The molecule has 1 amide bonds. The number of unbranched alkanes of at least 4 members (excludes halogenated alkanes) is 1. The first-order chi connectivity index (χ1) is 16.5. The molecule has 2 aromatic carbocycles. The van der Waals surface area contributed by atoms with E-state index in [2.05, 4.69) is 31.4 Å². The third-order valence-corrected chi connectivity index (χ3v) is 7.10. The first-order valence-corrected chi connectivity index (χ1v) is 12.8. The van der Waals surface area contributed by atoms with Gasteiger partial charge < -0.3 is 26.2 Å². The van der Waals surface area contributed by atoms with Gasteiger partial charge in [-0.1, -0.05) is 62.2 Å². The van der Waals surface area contributed by atoms with Crippen LogP contribution in [0.2, 0.25) is 10.0 Å². The van der Waals surface area contributed by atoms with Crippen molar-refractivity contribution in [3.8, 4) is 5.75 Å². The number of ether oxygens (including phenoxy) is 1. The number of carbonyl (C=O) groups is 1. The van der Waals surface area contributed by atoms with E-state index in [1.54, 1.807) is 19.2 Å². The highest BCUT2D eigenvalue weighted by molar-refractivity contribution is 6.31. The van der Waals surface area contributed by atoms with Gasteiger partial charge in [-0.3, -0.25) is 4.79 Å². The predicted molar refractivity (Wildman–Crippen MR) is 142 cm³/mol. The molecule has 1 aliphatic heterocycles. The second-order valence-electron chi connectivity index (χ2n) is 10.5. The Labute approximate surface area is 218 Å². The largest absolute Gasteiger partial charge is 0.496 e. The second kappa shape index (κ2) is 11.5. The van der Waals surface area contributed by atoms with E-state index < -0.39 is 17.5 Å². The quantitative estimate of drug-likeness (QED) is 0.361. The number of aliphatic hydroxyl groups is 1. The van der Waals surface area contributed by atoms with Gasteiger partial charge in [0.1, 0.15) is 5.75 Å². The lowest BCUT2D eigenvalue weighted by Crippen LogP contribution is -2.52. The summed E-state index contributed by atoms with van der Waals surface area (Å²) in [6.45, 7) is 7.05. The van der Waals surface area contributed by atoms with Crippen LogP contribution in [0.3, 0.4) is 0 Å². The topological polar surface area (TPSA) is 96.6 Å². The van der Waals surface area contributed by atoms with Crippen LogP contribution in [0.4, 0.5) is 0 Å². The van der Waals surface area contributed by atoms with Crippen molar-refractivity contribution in [2.45, 2.75) is 63.6 Å². The van der Waals surface area contributed by atoms with Crippen LogP contribution in [0.15, 0.2) is 42.5 Å². The molecule has 5 N–H and O–H groups in total. The Kier molecular flexibility index (Phi) is 9.11. The third kappa shape index (κ3) is 6.30. The zero-order valence-corrected chi connectivity index (χ0v) is 22.4. The van der Waals surface area contributed by atoms with Crippen molar-refractivity contribution in [1.29, 1.82) is 0 Å². The van der Waals surface area contributed by atoms with Gasteiger partial charge in [-0.15, -0.1) is 0 Å². The van der Waals surface area contributed by atoms with Crippen molar-refractivity contribution in [3.63, 3.8) is 0 Å². The fraction of sp³-hybridized carbons (Fsp3) is 0.519. The summed E-state index contributed by atoms with van der Waals surface area (Å²) in [5.74, 6) is 0.0188. The molecule has 3 rings (SSSR count). The second-order valence-corrected chi connectivity index (χ2v) is 11.4. The highest BCUT2D eigenvalue weighted by Crippen LogP contribution is 2.50. The van der Waals surface area contributed by atoms with Crippen molar-refractivity contribution in [2.75, 3.05) is 20.3 Å². The maximum absolute atomic E-state index is 13.5. The molecule has 6 nitrogen and oxygen atoms in total. The number of hydrogen-bond donors (Lipinski definition) is 4. The molecule has 192 valence electrons. The zero-order valence-electron chi connectivity index (χ0n) is 20.9. The lowest BCUT2D eigenvalue weighted by Gasteiger charge is -2.40. The minimum atomic E-state index is -0.999. The van der Waals surface area contributed by atoms with Gasteiger partial charge in [0.2, 0.25) is 5.91 Å². The lowest BCUT2D eigenvalue weighted by atomic mass is 9.68. The summed E-state index contributed by atoms with van der Waals surface area (Å²) in [6, 6.07) is 12.2. The van der Waals surface area contributed by atoms with Crippen molar-refractivity contribution in [3.05, 3.63) is 63.6 Å². The molecule has 35 heavy (non-hydrogen) atoms. The molecule has 1 saturated heterocycles. The number of carbonyl (C=O) groups excluding carboxylic acids is 1. The molecule has 0 saturated carbocycles. The van der Waals surface area contributed by atoms with E-state index >= 15 is 0 Å². The van der Waals surface area contributed by atoms with Crippen LogP contribution >= 0.6 is 23.2 Å². The summed E-state index contributed by atoms with van der Waals surface area (Å²) in [5.41, 5.74) is 8.04. The number of hydrogen-bond acceptors (Lipinski definition) is 5. The summed E-state index contributed by atoms with van der Waals surface area (Å²) in [6.07, 6.45) is 2.05. The molecule has 0 bridgehead atoms. The molecule has 1 fully saturated rings. The van der Waals surface area contributed by atoms with E-state index in [1.807, 2.05) is 30.3 Å². The summed E-state index contributed by atoms with van der Waals surface area (Å²) >= 11 is 12.7. The number of nitrogens with two attached hydrogens (primary N) is 1. The lowest BCUT2D eigenvalue weighted by molar-refractivity contribution is -0.123. The minimum Gasteiger partial charge on any atom is -0.496 e. The van der Waals surface area contributed by atoms with E-state index in [-0.39, 0.29) is 24.0 Å². The van der Waals surface area contributed by atoms with Gasteiger partial charge in [0, 0.05) is 40.7 Å². The van der Waals surface area contributed by atoms with E-state index in [9.17, 15) is 4.79 Å². The number of benzene rings is 2. The maximum Gasteiger partial charge on any atom is 0.237 e. The Morgan fingerprint density at radius 3 is 2.51 bits per heavy atom. The SMILES string of the molecule is COc1cc(Cl)ccc1C1(N)C(CC(C)(C)C)NC(C(=O)NCCCCO)C1c1cccc(Cl)c1. The molecule has 2 aromatic rings. The van der Waals surface area contributed by atoms with Gasteiger partial charge in [0.25, 0.3) is 0 Å². The van der Waals surface area contributed by atoms with Gasteiger partial charge >= 0.3 is 0 Å². The Morgan fingerprint density at radius 2 is 1.89 bits per heavy atom. The van der Waals surface area contributed by atoms with Crippen LogP contribution in [0.5, 0.6) is 5.75 Å². The van der Waals surface area contributed by atoms with E-state index in [4.69, 9.17) is 38.8 Å². The average Bonchev–Trinajstić information content (AvgIpc) is 3.07. The van der Waals surface area contributed by atoms with Crippen molar-refractivity contribution >= 4 is 29.1 Å². The Bertz CT molecular complexity index is 1030. The first kappa shape index (κ1) is 27.8. The van der Waals surface area contributed by atoms with Gasteiger partial charge in [-0.25, -0.2) is 0 Å². The van der Waals surface area contributed by atoms with Gasteiger partial charge in [-0.05, 0) is 54.5 Å². The number of aliphatic hydroxyl groups excluding tert-OH is 1. The molecular formula is C27H37Cl2N3O3. The zero-order chi connectivity index (χ0) is 25.8. The predicted octanol–water partition coefficient (Wildman–Crippen LogP) is 4.61. The smallest absolute Gasteiger partial charge is 0.237 e. The highest BCUT2D eigenvalue weighted by atomic mass is 35.5. The molecule has 0 aromatic heterocycles. The van der Waals surface area contributed by atoms with Crippen LogP contribution in [-0.2, 0) is 10.3 Å². The fourth-order valence-corrected chi connectivity index (χ4v) is 5.48. The summed E-state index contributed by atoms with van der Waals surface area (Å²) in [7, 11) is 1.60. The summed E-state index contributed by atoms with van der Waals surface area (Å²) < 4.78 is 5.74.